The van der Waals surface area contributed by atoms with E-state index >= 15 is 0 Å². The first-order valence-corrected chi connectivity index (χ1v) is 6.40. The number of nitriles is 1. The van der Waals surface area contributed by atoms with E-state index in [9.17, 15) is 9.59 Å². The van der Waals surface area contributed by atoms with E-state index < -0.39 is 12.1 Å². The molecule has 1 unspecified atom stereocenters. The molecule has 0 aromatic heterocycles. The average molecular weight is 289 g/mol. The molecular formula is C14H15N3O4. The summed E-state index contributed by atoms with van der Waals surface area (Å²) in [6.07, 6.45) is -0.989. The summed E-state index contributed by atoms with van der Waals surface area (Å²) in [7, 11) is 1.61. The van der Waals surface area contributed by atoms with E-state index in [1.807, 2.05) is 6.07 Å². The van der Waals surface area contributed by atoms with E-state index in [0.29, 0.717) is 17.8 Å². The van der Waals surface area contributed by atoms with Crippen LogP contribution < -0.4 is 4.90 Å². The summed E-state index contributed by atoms with van der Waals surface area (Å²) in [6.45, 7) is 0.571. The first-order chi connectivity index (χ1) is 10.0. The highest BCUT2D eigenvalue weighted by Gasteiger charge is 2.30. The highest BCUT2D eigenvalue weighted by Crippen LogP contribution is 2.16. The standard InChI is InChI=1S/C14H15N3O4/c1-16(11-4-2-10(8-15)3-5-11)14(20)17-6-7-21-12(9-17)13(18)19/h2-5,12H,6-7,9H2,1H3,(H,18,19). The third kappa shape index (κ3) is 3.30. The predicted molar refractivity (Wildman–Crippen MR) is 73.9 cm³/mol. The maximum atomic E-state index is 12.4. The van der Waals surface area contributed by atoms with Gasteiger partial charge >= 0.3 is 12.0 Å². The number of ether oxygens (including phenoxy) is 1. The molecule has 1 aliphatic rings. The summed E-state index contributed by atoms with van der Waals surface area (Å²) in [5, 5.41) is 17.7. The molecule has 1 fully saturated rings. The monoisotopic (exact) mass is 289 g/mol. The molecule has 1 heterocycles. The molecule has 0 radical (unpaired) electrons. The van der Waals surface area contributed by atoms with Crippen molar-refractivity contribution in [3.05, 3.63) is 29.8 Å². The third-order valence-corrected chi connectivity index (χ3v) is 3.28. The molecule has 1 saturated heterocycles. The van der Waals surface area contributed by atoms with Crippen LogP contribution in [0.1, 0.15) is 5.56 Å². The van der Waals surface area contributed by atoms with Crippen molar-refractivity contribution in [1.29, 1.82) is 5.26 Å². The Morgan fingerprint density at radius 3 is 2.67 bits per heavy atom. The number of benzene rings is 1. The summed E-state index contributed by atoms with van der Waals surface area (Å²) in [5.41, 5.74) is 1.15. The summed E-state index contributed by atoms with van der Waals surface area (Å²) < 4.78 is 5.09. The van der Waals surface area contributed by atoms with Crippen LogP contribution in [0.25, 0.3) is 0 Å². The van der Waals surface area contributed by atoms with E-state index in [1.165, 1.54) is 9.80 Å². The lowest BCUT2D eigenvalue weighted by Gasteiger charge is -2.33. The van der Waals surface area contributed by atoms with Crippen molar-refractivity contribution < 1.29 is 19.4 Å². The minimum Gasteiger partial charge on any atom is -0.479 e. The van der Waals surface area contributed by atoms with E-state index in [-0.39, 0.29) is 19.2 Å². The van der Waals surface area contributed by atoms with Crippen LogP contribution in [0.5, 0.6) is 0 Å². The molecule has 21 heavy (non-hydrogen) atoms. The number of carboxylic acids is 1. The largest absolute Gasteiger partial charge is 0.479 e. The Bertz CT molecular complexity index is 579. The number of hydrogen-bond acceptors (Lipinski definition) is 4. The van der Waals surface area contributed by atoms with Gasteiger partial charge in [-0.1, -0.05) is 0 Å². The minimum absolute atomic E-state index is 0.0226. The zero-order chi connectivity index (χ0) is 15.4. The molecular weight excluding hydrogens is 274 g/mol. The van der Waals surface area contributed by atoms with Crippen molar-refractivity contribution in [2.24, 2.45) is 0 Å². The zero-order valence-electron chi connectivity index (χ0n) is 11.5. The Labute approximate surface area is 121 Å². The lowest BCUT2D eigenvalue weighted by Crippen LogP contribution is -2.52. The van der Waals surface area contributed by atoms with Crippen LogP contribution in [0.4, 0.5) is 10.5 Å². The molecule has 7 heteroatoms. The van der Waals surface area contributed by atoms with Gasteiger partial charge in [0, 0.05) is 19.3 Å². The van der Waals surface area contributed by atoms with Gasteiger partial charge in [0.15, 0.2) is 6.10 Å². The fourth-order valence-electron chi connectivity index (χ4n) is 2.05. The van der Waals surface area contributed by atoms with Crippen LogP contribution in [0.2, 0.25) is 0 Å². The number of hydrogen-bond donors (Lipinski definition) is 1. The number of rotatable bonds is 2. The minimum atomic E-state index is -1.08. The van der Waals surface area contributed by atoms with E-state index in [0.717, 1.165) is 0 Å². The van der Waals surface area contributed by atoms with Crippen LogP contribution in [0.15, 0.2) is 24.3 Å². The number of carbonyl (C=O) groups is 2. The smallest absolute Gasteiger partial charge is 0.334 e. The molecule has 1 atom stereocenters. The van der Waals surface area contributed by atoms with Crippen LogP contribution in [-0.4, -0.2) is 54.9 Å². The van der Waals surface area contributed by atoms with Crippen LogP contribution in [-0.2, 0) is 9.53 Å². The van der Waals surface area contributed by atoms with Crippen molar-refractivity contribution in [2.45, 2.75) is 6.10 Å². The van der Waals surface area contributed by atoms with Crippen LogP contribution >= 0.6 is 0 Å². The van der Waals surface area contributed by atoms with Crippen molar-refractivity contribution in [3.63, 3.8) is 0 Å². The molecule has 0 saturated carbocycles. The lowest BCUT2D eigenvalue weighted by atomic mass is 10.2. The average Bonchev–Trinajstić information content (AvgIpc) is 2.53. The summed E-state index contributed by atoms with van der Waals surface area (Å²) in [5.74, 6) is -1.08. The Balaban J connectivity index is 2.07. The van der Waals surface area contributed by atoms with E-state index in [2.05, 4.69) is 0 Å². The van der Waals surface area contributed by atoms with Gasteiger partial charge in [0.1, 0.15) is 0 Å². The summed E-state index contributed by atoms with van der Waals surface area (Å²) in [6, 6.07) is 8.30. The zero-order valence-corrected chi connectivity index (χ0v) is 11.5. The summed E-state index contributed by atoms with van der Waals surface area (Å²) in [4.78, 5) is 26.2. The van der Waals surface area contributed by atoms with Crippen LogP contribution in [0.3, 0.4) is 0 Å². The number of carboxylic acid groups (broad SMARTS) is 1. The highest BCUT2D eigenvalue weighted by molar-refractivity contribution is 5.92. The second-order valence-corrected chi connectivity index (χ2v) is 4.64. The number of urea groups is 1. The maximum absolute atomic E-state index is 12.4. The molecule has 1 aromatic carbocycles. The van der Waals surface area contributed by atoms with Gasteiger partial charge < -0.3 is 14.7 Å². The van der Waals surface area contributed by atoms with Gasteiger partial charge in [-0.2, -0.15) is 5.26 Å². The molecule has 2 rings (SSSR count). The molecule has 0 aliphatic carbocycles. The second kappa shape index (κ2) is 6.24. The van der Waals surface area contributed by atoms with Gasteiger partial charge in [-0.3, -0.25) is 4.90 Å². The first kappa shape index (κ1) is 14.8. The molecule has 110 valence electrons. The Kier molecular flexibility index (Phi) is 4.40. The van der Waals surface area contributed by atoms with E-state index in [4.69, 9.17) is 15.1 Å². The lowest BCUT2D eigenvalue weighted by molar-refractivity contribution is -0.154. The molecule has 0 bridgehead atoms. The highest BCUT2D eigenvalue weighted by atomic mass is 16.5. The van der Waals surface area contributed by atoms with Crippen LogP contribution in [0, 0.1) is 11.3 Å². The fourth-order valence-corrected chi connectivity index (χ4v) is 2.05. The molecule has 1 N–H and O–H groups in total. The Morgan fingerprint density at radius 2 is 2.10 bits per heavy atom. The SMILES string of the molecule is CN(C(=O)N1CCOC(C(=O)O)C1)c1ccc(C#N)cc1. The number of nitrogens with zero attached hydrogens (tertiary/aromatic N) is 3. The summed E-state index contributed by atoms with van der Waals surface area (Å²) >= 11 is 0. The number of aliphatic carboxylic acids is 1. The van der Waals surface area contributed by atoms with E-state index in [1.54, 1.807) is 31.3 Å². The van der Waals surface area contributed by atoms with Crippen molar-refractivity contribution >= 4 is 17.7 Å². The second-order valence-electron chi connectivity index (χ2n) is 4.64. The Hall–Kier alpha value is -2.59. The maximum Gasteiger partial charge on any atom is 0.334 e. The van der Waals surface area contributed by atoms with Crippen molar-refractivity contribution in [1.82, 2.24) is 4.90 Å². The first-order valence-electron chi connectivity index (χ1n) is 6.40. The fraction of sp³-hybridized carbons (Fsp3) is 0.357. The van der Waals surface area contributed by atoms with Gasteiger partial charge in [-0.05, 0) is 24.3 Å². The number of carbonyl (C=O) groups excluding carboxylic acids is 1. The van der Waals surface area contributed by atoms with Gasteiger partial charge in [-0.15, -0.1) is 0 Å². The molecule has 1 aliphatic heterocycles. The Morgan fingerprint density at radius 1 is 1.43 bits per heavy atom. The molecule has 1 aromatic rings. The molecule has 7 nitrogen and oxygen atoms in total. The molecule has 0 spiro atoms. The van der Waals surface area contributed by atoms with Crippen molar-refractivity contribution in [3.8, 4) is 6.07 Å². The van der Waals surface area contributed by atoms with Crippen molar-refractivity contribution in [2.75, 3.05) is 31.6 Å². The number of morpholine rings is 1. The van der Waals surface area contributed by atoms with Gasteiger partial charge in [0.05, 0.1) is 24.8 Å². The number of amides is 2. The molecule has 2 amide bonds. The third-order valence-electron chi connectivity index (χ3n) is 3.28. The normalized spacial score (nSPS) is 17.9. The predicted octanol–water partition coefficient (Wildman–Crippen LogP) is 0.900. The quantitative estimate of drug-likeness (QED) is 0.873. The number of anilines is 1. The van der Waals surface area contributed by atoms with Gasteiger partial charge in [0.25, 0.3) is 0 Å². The van der Waals surface area contributed by atoms with Gasteiger partial charge in [0.2, 0.25) is 0 Å². The van der Waals surface area contributed by atoms with Gasteiger partial charge in [-0.25, -0.2) is 9.59 Å². The topological polar surface area (TPSA) is 93.9 Å².